The first-order valence-electron chi connectivity index (χ1n) is 10.3. The van der Waals surface area contributed by atoms with Gasteiger partial charge in [-0.05, 0) is 56.1 Å². The van der Waals surface area contributed by atoms with Crippen molar-refractivity contribution in [2.75, 3.05) is 39.0 Å². The lowest BCUT2D eigenvalue weighted by Crippen LogP contribution is -2.28. The van der Waals surface area contributed by atoms with Crippen molar-refractivity contribution in [3.05, 3.63) is 56.9 Å². The number of likely N-dealkylation sites (N-methyl/N-ethyl adjacent to an activating group) is 1. The Kier molecular flexibility index (Phi) is 6.68. The third-order valence-electron chi connectivity index (χ3n) is 5.71. The fourth-order valence-corrected chi connectivity index (χ4v) is 5.31. The zero-order chi connectivity index (χ0) is 21.1. The summed E-state index contributed by atoms with van der Waals surface area (Å²) in [5.41, 5.74) is 7.04. The summed E-state index contributed by atoms with van der Waals surface area (Å²) < 4.78 is 0. The molecule has 0 spiro atoms. The molecule has 3 heterocycles. The van der Waals surface area contributed by atoms with Crippen LogP contribution in [0.2, 0.25) is 5.02 Å². The summed E-state index contributed by atoms with van der Waals surface area (Å²) in [5.74, 6) is 0.685. The van der Waals surface area contributed by atoms with E-state index in [-0.39, 0.29) is 5.78 Å². The highest BCUT2D eigenvalue weighted by molar-refractivity contribution is 7.14. The second kappa shape index (κ2) is 9.43. The van der Waals surface area contributed by atoms with Gasteiger partial charge in [0.25, 0.3) is 0 Å². The van der Waals surface area contributed by atoms with E-state index < -0.39 is 0 Å². The lowest BCUT2D eigenvalue weighted by molar-refractivity contribution is 0.0986. The third-order valence-corrected chi connectivity index (χ3v) is 7.32. The number of pyridine rings is 1. The van der Waals surface area contributed by atoms with E-state index in [0.717, 1.165) is 63.8 Å². The molecule has 30 heavy (non-hydrogen) atoms. The Hall–Kier alpha value is -1.99. The smallest absolute Gasteiger partial charge is 0.173 e. The van der Waals surface area contributed by atoms with Gasteiger partial charge in [-0.2, -0.15) is 0 Å². The first-order chi connectivity index (χ1) is 14.5. The van der Waals surface area contributed by atoms with E-state index in [9.17, 15) is 4.79 Å². The van der Waals surface area contributed by atoms with E-state index in [0.29, 0.717) is 18.7 Å². The van der Waals surface area contributed by atoms with Crippen molar-refractivity contribution >= 4 is 45.3 Å². The molecule has 0 unspecified atom stereocenters. The average Bonchev–Trinajstić information content (AvgIpc) is 2.97. The highest BCUT2D eigenvalue weighted by atomic mass is 35.5. The van der Waals surface area contributed by atoms with Crippen LogP contribution in [-0.4, -0.2) is 53.8 Å². The summed E-state index contributed by atoms with van der Waals surface area (Å²) in [7, 11) is 2.17. The minimum Gasteiger partial charge on any atom is -0.383 e. The number of nitrogen functional groups attached to an aromatic ring is 1. The van der Waals surface area contributed by atoms with E-state index in [4.69, 9.17) is 17.3 Å². The fraction of sp³-hybridized carbons (Fsp3) is 0.391. The summed E-state index contributed by atoms with van der Waals surface area (Å²) >= 11 is 8.03. The van der Waals surface area contributed by atoms with Gasteiger partial charge in [-0.25, -0.2) is 4.98 Å². The van der Waals surface area contributed by atoms with Gasteiger partial charge in [0.2, 0.25) is 0 Å². The number of nitrogens with two attached hydrogens (primary N) is 1. The molecule has 1 fully saturated rings. The summed E-state index contributed by atoms with van der Waals surface area (Å²) in [4.78, 5) is 23.6. The van der Waals surface area contributed by atoms with Gasteiger partial charge in [-0.3, -0.25) is 9.69 Å². The summed E-state index contributed by atoms with van der Waals surface area (Å²) in [6.07, 6.45) is 4.04. The maximum Gasteiger partial charge on any atom is 0.173 e. The number of aromatic nitrogens is 1. The number of aryl methyl sites for hydroxylation is 1. The predicted molar refractivity (Wildman–Crippen MR) is 126 cm³/mol. The Morgan fingerprint density at radius 3 is 2.93 bits per heavy atom. The number of ketones is 1. The minimum atomic E-state index is 0.151. The Morgan fingerprint density at radius 1 is 1.20 bits per heavy atom. The van der Waals surface area contributed by atoms with Gasteiger partial charge < -0.3 is 10.6 Å². The van der Waals surface area contributed by atoms with Crippen LogP contribution in [0.1, 0.15) is 33.0 Å². The molecule has 1 saturated heterocycles. The van der Waals surface area contributed by atoms with Crippen molar-refractivity contribution in [3.63, 3.8) is 0 Å². The highest BCUT2D eigenvalue weighted by Gasteiger charge is 2.18. The van der Waals surface area contributed by atoms with Crippen LogP contribution in [0.5, 0.6) is 0 Å². The molecule has 0 amide bonds. The monoisotopic (exact) mass is 442 g/mol. The first-order valence-corrected chi connectivity index (χ1v) is 11.5. The second-order valence-corrected chi connectivity index (χ2v) is 9.53. The van der Waals surface area contributed by atoms with Crippen LogP contribution in [0.3, 0.4) is 0 Å². The van der Waals surface area contributed by atoms with Gasteiger partial charge in [-0.15, -0.1) is 11.3 Å². The maximum atomic E-state index is 12.8. The molecule has 7 heteroatoms. The van der Waals surface area contributed by atoms with E-state index in [2.05, 4.69) is 27.9 Å². The Labute approximate surface area is 186 Å². The van der Waals surface area contributed by atoms with Gasteiger partial charge in [-0.1, -0.05) is 29.8 Å². The van der Waals surface area contributed by atoms with Crippen LogP contribution < -0.4 is 5.73 Å². The van der Waals surface area contributed by atoms with Crippen LogP contribution in [0, 0.1) is 0 Å². The van der Waals surface area contributed by atoms with Crippen molar-refractivity contribution in [1.29, 1.82) is 0 Å². The highest BCUT2D eigenvalue weighted by Crippen LogP contribution is 2.30. The third kappa shape index (κ3) is 5.01. The van der Waals surface area contributed by atoms with Crippen molar-refractivity contribution in [2.45, 2.75) is 25.8 Å². The molecule has 5 nitrogen and oxygen atoms in total. The molecule has 3 aromatic rings. The molecule has 0 radical (unpaired) electrons. The quantitative estimate of drug-likeness (QED) is 0.570. The Bertz CT molecular complexity index is 1050. The SMILES string of the molecule is CN1CCCN(Cc2sc(C(=O)CCc3ccc4c(N)nccc4c3)cc2Cl)CC1. The largest absolute Gasteiger partial charge is 0.383 e. The standard InChI is InChI=1S/C23H27ClN4OS/c1-27-9-2-10-28(12-11-27)15-22-19(24)14-21(30-22)20(29)6-4-16-3-5-18-17(13-16)7-8-26-23(18)25/h3,5,7-8,13-14H,2,4,6,9-12,15H2,1H3,(H2,25,26). The molecular formula is C23H27ClN4OS. The predicted octanol–water partition coefficient (Wildman–Crippen LogP) is 4.48. The molecule has 1 aliphatic rings. The van der Waals surface area contributed by atoms with Gasteiger partial charge in [0.15, 0.2) is 5.78 Å². The fourth-order valence-electron chi connectivity index (χ4n) is 3.90. The molecule has 0 aliphatic carbocycles. The number of halogens is 1. The van der Waals surface area contributed by atoms with Crippen LogP contribution >= 0.6 is 22.9 Å². The summed E-state index contributed by atoms with van der Waals surface area (Å²) in [6, 6.07) is 9.89. The number of benzene rings is 1. The number of anilines is 1. The number of nitrogens with zero attached hydrogens (tertiary/aromatic N) is 3. The van der Waals surface area contributed by atoms with Crippen molar-refractivity contribution in [2.24, 2.45) is 0 Å². The topological polar surface area (TPSA) is 62.5 Å². The van der Waals surface area contributed by atoms with Gasteiger partial charge in [0, 0.05) is 42.5 Å². The lowest BCUT2D eigenvalue weighted by atomic mass is 10.0. The Morgan fingerprint density at radius 2 is 2.07 bits per heavy atom. The number of Topliss-reactive ketones (excluding diaryl/α,β-unsaturated/α-hetero) is 1. The number of hydrogen-bond acceptors (Lipinski definition) is 6. The number of carbonyl (C=O) groups excluding carboxylic acids is 1. The first kappa shape index (κ1) is 21.2. The Balaban J connectivity index is 1.38. The van der Waals surface area contributed by atoms with Gasteiger partial charge >= 0.3 is 0 Å². The van der Waals surface area contributed by atoms with Crippen LogP contribution in [0.4, 0.5) is 5.82 Å². The van der Waals surface area contributed by atoms with Crippen molar-refractivity contribution < 1.29 is 4.79 Å². The molecule has 0 atom stereocenters. The average molecular weight is 443 g/mol. The van der Waals surface area contributed by atoms with Crippen molar-refractivity contribution in [3.8, 4) is 0 Å². The van der Waals surface area contributed by atoms with E-state index in [1.807, 2.05) is 24.3 Å². The molecule has 1 aliphatic heterocycles. The van der Waals surface area contributed by atoms with Crippen LogP contribution in [0.25, 0.3) is 10.8 Å². The molecule has 158 valence electrons. The van der Waals surface area contributed by atoms with Gasteiger partial charge in [0.1, 0.15) is 5.82 Å². The number of hydrogen-bond donors (Lipinski definition) is 1. The molecule has 1 aromatic carbocycles. The molecule has 2 aromatic heterocycles. The summed E-state index contributed by atoms with van der Waals surface area (Å²) in [6.45, 7) is 5.14. The minimum absolute atomic E-state index is 0.151. The van der Waals surface area contributed by atoms with Crippen LogP contribution in [0.15, 0.2) is 36.5 Å². The van der Waals surface area contributed by atoms with E-state index in [1.54, 1.807) is 17.5 Å². The van der Waals surface area contributed by atoms with E-state index >= 15 is 0 Å². The van der Waals surface area contributed by atoms with Gasteiger partial charge in [0.05, 0.1) is 9.90 Å². The molecular weight excluding hydrogens is 416 g/mol. The zero-order valence-corrected chi connectivity index (χ0v) is 18.8. The van der Waals surface area contributed by atoms with E-state index in [1.165, 1.54) is 6.42 Å². The molecule has 2 N–H and O–H groups in total. The van der Waals surface area contributed by atoms with Crippen molar-refractivity contribution in [1.82, 2.24) is 14.8 Å². The number of rotatable bonds is 6. The molecule has 0 saturated carbocycles. The number of fused-ring (bicyclic) bond motifs is 1. The second-order valence-electron chi connectivity index (χ2n) is 7.99. The van der Waals surface area contributed by atoms with Crippen LogP contribution in [-0.2, 0) is 13.0 Å². The zero-order valence-electron chi connectivity index (χ0n) is 17.2. The molecule has 4 rings (SSSR count). The molecule has 0 bridgehead atoms. The number of carbonyl (C=O) groups is 1. The number of thiophene rings is 1. The normalized spacial score (nSPS) is 16.1. The summed E-state index contributed by atoms with van der Waals surface area (Å²) in [5, 5.41) is 2.72. The maximum absolute atomic E-state index is 12.8. The lowest BCUT2D eigenvalue weighted by Gasteiger charge is -2.19.